The molecule has 7 heteroatoms. The molecule has 2 atom stereocenters. The maximum absolute atomic E-state index is 11.9. The van der Waals surface area contributed by atoms with Crippen molar-refractivity contribution in [2.75, 3.05) is 10.2 Å². The lowest BCUT2D eigenvalue weighted by Crippen LogP contribution is -2.30. The summed E-state index contributed by atoms with van der Waals surface area (Å²) < 4.78 is 2.28. The number of amides is 1. The zero-order valence-corrected chi connectivity index (χ0v) is 19.7. The highest BCUT2D eigenvalue weighted by Gasteiger charge is 2.42. The second-order valence-electron chi connectivity index (χ2n) is 8.33. The molecule has 0 aliphatic carbocycles. The van der Waals surface area contributed by atoms with Crippen LogP contribution in [0.25, 0.3) is 0 Å². The molecule has 3 heterocycles. The number of anilines is 2. The maximum atomic E-state index is 11.9. The van der Waals surface area contributed by atoms with E-state index in [0.717, 1.165) is 22.6 Å². The summed E-state index contributed by atoms with van der Waals surface area (Å²) in [4.78, 5) is 18.7. The molecule has 1 aliphatic heterocycles. The van der Waals surface area contributed by atoms with Crippen LogP contribution in [-0.2, 0) is 4.79 Å². The summed E-state index contributed by atoms with van der Waals surface area (Å²) in [7, 11) is 0. The predicted octanol–water partition coefficient (Wildman–Crippen LogP) is 5.30. The molecule has 2 aromatic heterocycles. The van der Waals surface area contributed by atoms with Crippen molar-refractivity contribution in [2.24, 2.45) is 0 Å². The lowest BCUT2D eigenvalue weighted by molar-refractivity contribution is -0.115. The summed E-state index contributed by atoms with van der Waals surface area (Å²) in [5.41, 5.74) is 4.91. The van der Waals surface area contributed by atoms with Gasteiger partial charge in [0.05, 0.1) is 11.7 Å². The van der Waals surface area contributed by atoms with E-state index >= 15 is 0 Å². The molecule has 0 unspecified atom stereocenters. The molecular formula is C25H29N5OS. The molecule has 0 radical (unpaired) electrons. The van der Waals surface area contributed by atoms with Crippen molar-refractivity contribution < 1.29 is 4.79 Å². The first-order valence-electron chi connectivity index (χ1n) is 11.0. The third-order valence-corrected chi connectivity index (χ3v) is 6.17. The van der Waals surface area contributed by atoms with Crippen molar-refractivity contribution in [1.82, 2.24) is 14.9 Å². The molecule has 4 rings (SSSR count). The number of rotatable bonds is 6. The number of benzene rings is 1. The Morgan fingerprint density at radius 1 is 1.22 bits per heavy atom. The van der Waals surface area contributed by atoms with Crippen LogP contribution >= 0.6 is 12.2 Å². The van der Waals surface area contributed by atoms with Crippen LogP contribution in [0.4, 0.5) is 11.4 Å². The van der Waals surface area contributed by atoms with Crippen LogP contribution in [0.3, 0.4) is 0 Å². The number of thiocarbonyl (C=S) groups is 1. The fourth-order valence-corrected chi connectivity index (χ4v) is 4.58. The molecule has 0 bridgehead atoms. The predicted molar refractivity (Wildman–Crippen MR) is 133 cm³/mol. The van der Waals surface area contributed by atoms with E-state index in [1.807, 2.05) is 50.4 Å². The van der Waals surface area contributed by atoms with Crippen molar-refractivity contribution >= 4 is 34.6 Å². The molecule has 1 amide bonds. The van der Waals surface area contributed by atoms with Crippen molar-refractivity contribution in [3.05, 3.63) is 77.9 Å². The molecule has 1 aliphatic rings. The number of hydrogen-bond donors (Lipinski definition) is 2. The minimum Gasteiger partial charge on any atom is -0.351 e. The summed E-state index contributed by atoms with van der Waals surface area (Å²) in [5, 5.41) is 7.14. The third kappa shape index (κ3) is 4.12. The van der Waals surface area contributed by atoms with Gasteiger partial charge in [-0.25, -0.2) is 0 Å². The molecule has 166 valence electrons. The minimum atomic E-state index is -0.0872. The van der Waals surface area contributed by atoms with Gasteiger partial charge in [-0.1, -0.05) is 13.0 Å². The third-order valence-electron chi connectivity index (χ3n) is 5.85. The number of pyridine rings is 1. The number of carbonyl (C=O) groups is 1. The Hall–Kier alpha value is -3.19. The number of nitrogens with one attached hydrogen (secondary N) is 2. The van der Waals surface area contributed by atoms with Crippen LogP contribution in [-0.4, -0.2) is 20.6 Å². The highest BCUT2D eigenvalue weighted by Crippen LogP contribution is 2.42. The monoisotopic (exact) mass is 447 g/mol. The van der Waals surface area contributed by atoms with E-state index in [1.54, 1.807) is 0 Å². The Bertz CT molecular complexity index is 1120. The van der Waals surface area contributed by atoms with Crippen molar-refractivity contribution in [3.8, 4) is 0 Å². The van der Waals surface area contributed by atoms with Gasteiger partial charge in [0.15, 0.2) is 5.11 Å². The molecule has 32 heavy (non-hydrogen) atoms. The fraction of sp³-hybridized carbons (Fsp3) is 0.320. The lowest BCUT2D eigenvalue weighted by atomic mass is 10.00. The van der Waals surface area contributed by atoms with E-state index in [4.69, 9.17) is 12.2 Å². The molecule has 0 saturated carbocycles. The van der Waals surface area contributed by atoms with Crippen LogP contribution in [0.2, 0.25) is 0 Å². The highest BCUT2D eigenvalue weighted by atomic mass is 32.1. The molecule has 1 saturated heterocycles. The van der Waals surface area contributed by atoms with E-state index in [1.165, 1.54) is 5.69 Å². The molecule has 2 N–H and O–H groups in total. The molecule has 1 fully saturated rings. The molecule has 6 nitrogen and oxygen atoms in total. The van der Waals surface area contributed by atoms with E-state index in [-0.39, 0.29) is 18.0 Å². The van der Waals surface area contributed by atoms with Gasteiger partial charge in [0.25, 0.3) is 0 Å². The summed E-state index contributed by atoms with van der Waals surface area (Å²) in [6.45, 7) is 8.21. The number of aryl methyl sites for hydroxylation is 1. The average molecular weight is 448 g/mol. The van der Waals surface area contributed by atoms with E-state index in [9.17, 15) is 4.79 Å². The van der Waals surface area contributed by atoms with Crippen molar-refractivity contribution in [2.45, 2.75) is 52.2 Å². The van der Waals surface area contributed by atoms with Gasteiger partial charge in [0, 0.05) is 41.9 Å². The van der Waals surface area contributed by atoms with E-state index < -0.39 is 0 Å². The minimum absolute atomic E-state index is 0.00191. The largest absolute Gasteiger partial charge is 0.351 e. The number of hydrogen-bond acceptors (Lipinski definition) is 3. The number of nitrogens with zero attached hydrogens (tertiary/aromatic N) is 3. The van der Waals surface area contributed by atoms with Crippen LogP contribution in [0.15, 0.2) is 60.9 Å². The maximum Gasteiger partial charge on any atom is 0.224 e. The van der Waals surface area contributed by atoms with Gasteiger partial charge in [0.2, 0.25) is 5.91 Å². The summed E-state index contributed by atoms with van der Waals surface area (Å²) in [6.07, 6.45) is 4.38. The second-order valence-corrected chi connectivity index (χ2v) is 8.72. The Morgan fingerprint density at radius 3 is 2.69 bits per heavy atom. The smallest absolute Gasteiger partial charge is 0.224 e. The zero-order chi connectivity index (χ0) is 22.8. The van der Waals surface area contributed by atoms with Crippen LogP contribution in [0, 0.1) is 6.92 Å². The van der Waals surface area contributed by atoms with Gasteiger partial charge in [-0.05, 0) is 81.0 Å². The fourth-order valence-electron chi connectivity index (χ4n) is 4.24. The topological polar surface area (TPSA) is 62.2 Å². The second kappa shape index (κ2) is 9.12. The van der Waals surface area contributed by atoms with Gasteiger partial charge >= 0.3 is 0 Å². The SMILES string of the molecule is CCC(=O)Nc1ccc(N2C(=S)N[C@@H](c3ccccn3)[C@@H]2c2cccn2C(C)C)cc1C. The Balaban J connectivity index is 1.79. The lowest BCUT2D eigenvalue weighted by Gasteiger charge is -2.30. The Labute approximate surface area is 194 Å². The van der Waals surface area contributed by atoms with Gasteiger partial charge in [0.1, 0.15) is 6.04 Å². The standard InChI is InChI=1S/C25H29N5OS/c1-5-22(31)27-19-12-11-18(15-17(19)4)30-24(21-10-8-14-29(21)16(2)3)23(28-25(30)32)20-9-6-7-13-26-20/h6-16,23-24H,5H2,1-4H3,(H,27,31)(H,28,32)/t23-,24-/m0/s1. The van der Waals surface area contributed by atoms with Crippen LogP contribution in [0.1, 0.15) is 62.3 Å². The van der Waals surface area contributed by atoms with Gasteiger partial charge in [-0.2, -0.15) is 0 Å². The van der Waals surface area contributed by atoms with Crippen molar-refractivity contribution in [1.29, 1.82) is 0 Å². The van der Waals surface area contributed by atoms with E-state index in [0.29, 0.717) is 17.6 Å². The Kier molecular flexibility index (Phi) is 6.28. The van der Waals surface area contributed by atoms with Crippen LogP contribution in [0.5, 0.6) is 0 Å². The summed E-state index contributed by atoms with van der Waals surface area (Å²) in [5.74, 6) is 0.00191. The molecule has 0 spiro atoms. The Morgan fingerprint density at radius 2 is 2.03 bits per heavy atom. The number of aromatic nitrogens is 2. The van der Waals surface area contributed by atoms with Gasteiger partial charge in [-0.3, -0.25) is 9.78 Å². The van der Waals surface area contributed by atoms with Crippen molar-refractivity contribution in [3.63, 3.8) is 0 Å². The highest BCUT2D eigenvalue weighted by molar-refractivity contribution is 7.80. The number of carbonyl (C=O) groups excluding carboxylic acids is 1. The normalized spacial score (nSPS) is 18.2. The zero-order valence-electron chi connectivity index (χ0n) is 18.9. The average Bonchev–Trinajstić information content (AvgIpc) is 3.40. The molecule has 3 aromatic rings. The first-order chi connectivity index (χ1) is 15.4. The first kappa shape index (κ1) is 22.0. The van der Waals surface area contributed by atoms with Gasteiger partial charge < -0.3 is 20.1 Å². The molecular weight excluding hydrogens is 418 g/mol. The summed E-state index contributed by atoms with van der Waals surface area (Å²) >= 11 is 5.83. The molecule has 1 aromatic carbocycles. The van der Waals surface area contributed by atoms with Crippen LogP contribution < -0.4 is 15.5 Å². The first-order valence-corrected chi connectivity index (χ1v) is 11.4. The van der Waals surface area contributed by atoms with E-state index in [2.05, 4.69) is 63.3 Å². The quantitative estimate of drug-likeness (QED) is 0.502. The van der Waals surface area contributed by atoms with Gasteiger partial charge in [-0.15, -0.1) is 0 Å². The summed E-state index contributed by atoms with van der Waals surface area (Å²) in [6, 6.07) is 16.4.